The Kier molecular flexibility index (Phi) is 7.18. The summed E-state index contributed by atoms with van der Waals surface area (Å²) in [4.78, 5) is 31.3. The van der Waals surface area contributed by atoms with Crippen LogP contribution in [0.25, 0.3) is 11.0 Å². The molecule has 1 aromatic carbocycles. The molecule has 1 N–H and O–H groups in total. The Labute approximate surface area is 155 Å². The van der Waals surface area contributed by atoms with Gasteiger partial charge in [0, 0.05) is 19.0 Å². The fourth-order valence-electron chi connectivity index (χ4n) is 3.22. The number of imidazole rings is 1. The Bertz CT molecular complexity index is 745. The molecular formula is C20H30N4O2. The van der Waals surface area contributed by atoms with Gasteiger partial charge in [0.1, 0.15) is 12.4 Å². The minimum absolute atomic E-state index is 0.0186. The lowest BCUT2D eigenvalue weighted by Crippen LogP contribution is -2.35. The maximum atomic E-state index is 12.6. The summed E-state index contributed by atoms with van der Waals surface area (Å²) >= 11 is 0. The van der Waals surface area contributed by atoms with Crippen molar-refractivity contribution in [2.45, 2.75) is 53.6 Å². The lowest BCUT2D eigenvalue weighted by molar-refractivity contribution is -0.131. The number of fused-ring (bicyclic) bond motifs is 1. The number of amides is 2. The number of hydrogen-bond donors (Lipinski definition) is 1. The van der Waals surface area contributed by atoms with Gasteiger partial charge in [-0.05, 0) is 38.8 Å². The van der Waals surface area contributed by atoms with Gasteiger partial charge in [0.2, 0.25) is 11.8 Å². The molecule has 2 amide bonds. The van der Waals surface area contributed by atoms with Crippen LogP contribution in [0.1, 0.15) is 46.4 Å². The fraction of sp³-hybridized carbons (Fsp3) is 0.550. The first-order valence-electron chi connectivity index (χ1n) is 9.55. The normalized spacial score (nSPS) is 11.1. The Morgan fingerprint density at radius 1 is 1.12 bits per heavy atom. The minimum Gasteiger partial charge on any atom is -0.349 e. The molecule has 0 aliphatic carbocycles. The van der Waals surface area contributed by atoms with E-state index in [1.54, 1.807) is 4.90 Å². The van der Waals surface area contributed by atoms with Gasteiger partial charge in [-0.3, -0.25) is 9.59 Å². The van der Waals surface area contributed by atoms with Crippen LogP contribution in [0.2, 0.25) is 0 Å². The summed E-state index contributed by atoms with van der Waals surface area (Å²) in [7, 11) is 0. The van der Waals surface area contributed by atoms with Gasteiger partial charge in [0.15, 0.2) is 0 Å². The minimum atomic E-state index is 0.0186. The van der Waals surface area contributed by atoms with E-state index in [0.717, 1.165) is 23.9 Å². The smallest absolute Gasteiger partial charge is 0.242 e. The number of rotatable bonds is 9. The number of nitrogens with zero attached hydrogens (tertiary/aromatic N) is 3. The number of para-hydroxylation sites is 2. The van der Waals surface area contributed by atoms with Crippen molar-refractivity contribution in [2.24, 2.45) is 5.92 Å². The van der Waals surface area contributed by atoms with E-state index in [9.17, 15) is 9.59 Å². The van der Waals surface area contributed by atoms with E-state index in [0.29, 0.717) is 25.5 Å². The highest BCUT2D eigenvalue weighted by atomic mass is 16.2. The highest BCUT2D eigenvalue weighted by Crippen LogP contribution is 2.17. The Morgan fingerprint density at radius 2 is 1.77 bits per heavy atom. The van der Waals surface area contributed by atoms with Crippen LogP contribution in [-0.2, 0) is 22.7 Å². The lowest BCUT2D eigenvalue weighted by Gasteiger charge is -2.20. The van der Waals surface area contributed by atoms with Crippen molar-refractivity contribution in [2.75, 3.05) is 13.1 Å². The number of nitrogens with one attached hydrogen (secondary N) is 1. The van der Waals surface area contributed by atoms with E-state index in [1.807, 2.05) is 56.5 Å². The van der Waals surface area contributed by atoms with Gasteiger partial charge in [-0.15, -0.1) is 0 Å². The van der Waals surface area contributed by atoms with Gasteiger partial charge in [-0.2, -0.15) is 0 Å². The van der Waals surface area contributed by atoms with Gasteiger partial charge in [0.05, 0.1) is 17.6 Å². The summed E-state index contributed by atoms with van der Waals surface area (Å²) in [5.74, 6) is 0.838. The van der Waals surface area contributed by atoms with Crippen LogP contribution in [0.15, 0.2) is 24.3 Å². The van der Waals surface area contributed by atoms with Gasteiger partial charge < -0.3 is 14.8 Å². The van der Waals surface area contributed by atoms with Crippen LogP contribution in [0.5, 0.6) is 0 Å². The second kappa shape index (κ2) is 9.36. The van der Waals surface area contributed by atoms with Gasteiger partial charge >= 0.3 is 0 Å². The maximum Gasteiger partial charge on any atom is 0.242 e. The van der Waals surface area contributed by atoms with Crippen LogP contribution in [0.3, 0.4) is 0 Å². The van der Waals surface area contributed by atoms with Crippen molar-refractivity contribution < 1.29 is 9.59 Å². The standard InChI is InChI=1S/C20H30N4O2/c1-5-15(6-2)20(26)21-13-18-22-16-11-9-10-12-17(16)24(18)14-19(25)23(7-3)8-4/h9-12,15H,5-8,13-14H2,1-4H3,(H,21,26). The van der Waals surface area contributed by atoms with Crippen molar-refractivity contribution in [1.82, 2.24) is 19.8 Å². The average Bonchev–Trinajstić information content (AvgIpc) is 2.99. The second-order valence-corrected chi connectivity index (χ2v) is 6.40. The van der Waals surface area contributed by atoms with E-state index in [4.69, 9.17) is 0 Å². The van der Waals surface area contributed by atoms with Gasteiger partial charge in [-0.25, -0.2) is 4.98 Å². The summed E-state index contributed by atoms with van der Waals surface area (Å²) in [6, 6.07) is 7.76. The Balaban J connectivity index is 2.25. The second-order valence-electron chi connectivity index (χ2n) is 6.40. The van der Waals surface area contributed by atoms with Crippen molar-refractivity contribution in [3.8, 4) is 0 Å². The molecule has 6 heteroatoms. The number of aromatic nitrogens is 2. The van der Waals surface area contributed by atoms with Gasteiger partial charge in [0.25, 0.3) is 0 Å². The molecule has 26 heavy (non-hydrogen) atoms. The third-order valence-electron chi connectivity index (χ3n) is 4.92. The number of benzene rings is 1. The summed E-state index contributed by atoms with van der Waals surface area (Å²) in [6.45, 7) is 9.92. The van der Waals surface area contributed by atoms with Crippen molar-refractivity contribution in [3.63, 3.8) is 0 Å². The molecule has 1 heterocycles. The quantitative estimate of drug-likeness (QED) is 0.749. The molecule has 0 radical (unpaired) electrons. The molecule has 0 saturated heterocycles. The highest BCUT2D eigenvalue weighted by Gasteiger charge is 2.18. The van der Waals surface area contributed by atoms with Gasteiger partial charge in [-0.1, -0.05) is 26.0 Å². The first-order valence-corrected chi connectivity index (χ1v) is 9.55. The average molecular weight is 358 g/mol. The fourth-order valence-corrected chi connectivity index (χ4v) is 3.22. The molecule has 0 aliphatic heterocycles. The van der Waals surface area contributed by atoms with Crippen LogP contribution < -0.4 is 5.32 Å². The molecule has 0 unspecified atom stereocenters. The molecule has 0 saturated carbocycles. The van der Waals surface area contributed by atoms with Crippen LogP contribution in [-0.4, -0.2) is 39.4 Å². The van der Waals surface area contributed by atoms with E-state index >= 15 is 0 Å². The largest absolute Gasteiger partial charge is 0.349 e. The molecule has 0 bridgehead atoms. The van der Waals surface area contributed by atoms with E-state index in [-0.39, 0.29) is 24.3 Å². The third kappa shape index (κ3) is 4.42. The summed E-state index contributed by atoms with van der Waals surface area (Å²) in [5.41, 5.74) is 1.76. The molecule has 1 aromatic heterocycles. The highest BCUT2D eigenvalue weighted by molar-refractivity contribution is 5.82. The van der Waals surface area contributed by atoms with Crippen molar-refractivity contribution >= 4 is 22.8 Å². The monoisotopic (exact) mass is 358 g/mol. The zero-order chi connectivity index (χ0) is 19.1. The topological polar surface area (TPSA) is 67.2 Å². The maximum absolute atomic E-state index is 12.6. The molecule has 0 atom stereocenters. The molecule has 0 spiro atoms. The molecule has 0 fully saturated rings. The van der Waals surface area contributed by atoms with Crippen molar-refractivity contribution in [1.29, 1.82) is 0 Å². The number of carbonyl (C=O) groups is 2. The van der Waals surface area contributed by atoms with E-state index in [2.05, 4.69) is 10.3 Å². The summed E-state index contributed by atoms with van der Waals surface area (Å²) in [6.07, 6.45) is 1.64. The van der Waals surface area contributed by atoms with E-state index < -0.39 is 0 Å². The predicted octanol–water partition coefficient (Wildman–Crippen LogP) is 2.96. The Hall–Kier alpha value is -2.37. The molecule has 2 rings (SSSR count). The molecular weight excluding hydrogens is 328 g/mol. The predicted molar refractivity (Wildman–Crippen MR) is 104 cm³/mol. The van der Waals surface area contributed by atoms with Crippen LogP contribution in [0.4, 0.5) is 0 Å². The molecule has 142 valence electrons. The third-order valence-corrected chi connectivity index (χ3v) is 4.92. The molecule has 0 aliphatic rings. The zero-order valence-electron chi connectivity index (χ0n) is 16.3. The van der Waals surface area contributed by atoms with Crippen molar-refractivity contribution in [3.05, 3.63) is 30.1 Å². The number of likely N-dealkylation sites (N-methyl/N-ethyl adjacent to an activating group) is 1. The summed E-state index contributed by atoms with van der Waals surface area (Å²) < 4.78 is 1.92. The molecule has 2 aromatic rings. The first-order chi connectivity index (χ1) is 12.5. The zero-order valence-corrected chi connectivity index (χ0v) is 16.3. The first kappa shape index (κ1) is 19.9. The van der Waals surface area contributed by atoms with E-state index in [1.165, 1.54) is 0 Å². The number of carbonyl (C=O) groups excluding carboxylic acids is 2. The van der Waals surface area contributed by atoms with Crippen LogP contribution in [0, 0.1) is 5.92 Å². The number of hydrogen-bond acceptors (Lipinski definition) is 3. The molecule has 6 nitrogen and oxygen atoms in total. The SMILES string of the molecule is CCC(CC)C(=O)NCc1nc2ccccc2n1CC(=O)N(CC)CC. The summed E-state index contributed by atoms with van der Waals surface area (Å²) in [5, 5.41) is 2.99. The van der Waals surface area contributed by atoms with Crippen LogP contribution >= 0.6 is 0 Å². The Morgan fingerprint density at radius 3 is 2.38 bits per heavy atom. The lowest BCUT2D eigenvalue weighted by atomic mass is 10.0.